The first-order valence-corrected chi connectivity index (χ1v) is 6.07. The van der Waals surface area contributed by atoms with Gasteiger partial charge in [0.1, 0.15) is 0 Å². The second kappa shape index (κ2) is 5.72. The number of hydrogen-bond donors (Lipinski definition) is 1. The summed E-state index contributed by atoms with van der Waals surface area (Å²) >= 11 is 0. The highest BCUT2D eigenvalue weighted by Crippen LogP contribution is 2.17. The first kappa shape index (κ1) is 12.0. The van der Waals surface area contributed by atoms with E-state index in [0.29, 0.717) is 6.04 Å². The Morgan fingerprint density at radius 1 is 1.29 bits per heavy atom. The predicted octanol–water partition coefficient (Wildman–Crippen LogP) is 2.10. The zero-order valence-corrected chi connectivity index (χ0v) is 10.2. The van der Waals surface area contributed by atoms with Gasteiger partial charge in [-0.15, -0.1) is 0 Å². The Morgan fingerprint density at radius 3 is 2.57 bits per heavy atom. The van der Waals surface area contributed by atoms with Crippen molar-refractivity contribution in [3.05, 3.63) is 0 Å². The summed E-state index contributed by atoms with van der Waals surface area (Å²) in [5, 5.41) is 3.55. The fourth-order valence-electron chi connectivity index (χ4n) is 2.21. The minimum Gasteiger partial charge on any atom is -0.313 e. The summed E-state index contributed by atoms with van der Waals surface area (Å²) in [4.78, 5) is 2.65. The van der Waals surface area contributed by atoms with Crippen LogP contribution in [0.2, 0.25) is 0 Å². The molecular formula is C12H26N2. The largest absolute Gasteiger partial charge is 0.313 e. The second-order valence-electron chi connectivity index (χ2n) is 5.25. The summed E-state index contributed by atoms with van der Waals surface area (Å²) in [6, 6.07) is 1.41. The molecule has 1 atom stereocenters. The van der Waals surface area contributed by atoms with Crippen LogP contribution in [0.25, 0.3) is 0 Å². The number of likely N-dealkylation sites (tertiary alicyclic amines) is 1. The van der Waals surface area contributed by atoms with Crippen molar-refractivity contribution < 1.29 is 0 Å². The van der Waals surface area contributed by atoms with Crippen LogP contribution in [0.15, 0.2) is 0 Å². The zero-order valence-electron chi connectivity index (χ0n) is 10.2. The quantitative estimate of drug-likeness (QED) is 0.728. The first-order valence-electron chi connectivity index (χ1n) is 6.07. The van der Waals surface area contributed by atoms with Crippen LogP contribution in [-0.4, -0.2) is 36.6 Å². The van der Waals surface area contributed by atoms with E-state index in [4.69, 9.17) is 0 Å². The van der Waals surface area contributed by atoms with Crippen LogP contribution >= 0.6 is 0 Å². The molecular weight excluding hydrogens is 172 g/mol. The van der Waals surface area contributed by atoms with E-state index in [1.165, 1.54) is 32.5 Å². The predicted molar refractivity (Wildman–Crippen MR) is 62.6 cm³/mol. The van der Waals surface area contributed by atoms with E-state index >= 15 is 0 Å². The molecule has 0 saturated carbocycles. The maximum Gasteiger partial charge on any atom is 0.0221 e. The van der Waals surface area contributed by atoms with Gasteiger partial charge in [0.15, 0.2) is 0 Å². The third-order valence-corrected chi connectivity index (χ3v) is 2.86. The van der Waals surface area contributed by atoms with Gasteiger partial charge in [-0.2, -0.15) is 0 Å². The normalized spacial score (nSPS) is 24.0. The molecule has 1 aliphatic rings. The van der Waals surface area contributed by atoms with Gasteiger partial charge in [-0.05, 0) is 25.3 Å². The highest BCUT2D eigenvalue weighted by molar-refractivity contribution is 4.81. The molecule has 1 fully saturated rings. The first-order chi connectivity index (χ1) is 6.59. The Kier molecular flexibility index (Phi) is 4.90. The standard InChI is InChI=1S/C12H26N2/c1-10(2)9-14-7-5-6-12(14)8-13-11(3)4/h10-13H,5-9H2,1-4H3/t12-/m1/s1. The summed E-state index contributed by atoms with van der Waals surface area (Å²) in [5.41, 5.74) is 0. The molecule has 0 aliphatic carbocycles. The molecule has 0 radical (unpaired) electrons. The minimum atomic E-state index is 0.622. The summed E-state index contributed by atoms with van der Waals surface area (Å²) in [7, 11) is 0. The van der Waals surface area contributed by atoms with Crippen LogP contribution in [0.1, 0.15) is 40.5 Å². The number of hydrogen-bond acceptors (Lipinski definition) is 2. The fraction of sp³-hybridized carbons (Fsp3) is 1.00. The van der Waals surface area contributed by atoms with Gasteiger partial charge in [-0.25, -0.2) is 0 Å². The lowest BCUT2D eigenvalue weighted by atomic mass is 10.1. The van der Waals surface area contributed by atoms with Gasteiger partial charge in [0.05, 0.1) is 0 Å². The van der Waals surface area contributed by atoms with Crippen molar-refractivity contribution in [1.29, 1.82) is 0 Å². The number of nitrogens with one attached hydrogen (secondary N) is 1. The third kappa shape index (κ3) is 3.97. The van der Waals surface area contributed by atoms with Crippen LogP contribution in [0.5, 0.6) is 0 Å². The van der Waals surface area contributed by atoms with Gasteiger partial charge in [0.2, 0.25) is 0 Å². The fourth-order valence-corrected chi connectivity index (χ4v) is 2.21. The topological polar surface area (TPSA) is 15.3 Å². The van der Waals surface area contributed by atoms with Gasteiger partial charge in [0, 0.05) is 25.2 Å². The van der Waals surface area contributed by atoms with Crippen molar-refractivity contribution >= 4 is 0 Å². The molecule has 2 heteroatoms. The zero-order chi connectivity index (χ0) is 10.6. The second-order valence-corrected chi connectivity index (χ2v) is 5.25. The van der Waals surface area contributed by atoms with Crippen LogP contribution in [0, 0.1) is 5.92 Å². The van der Waals surface area contributed by atoms with Crippen molar-refractivity contribution in [1.82, 2.24) is 10.2 Å². The van der Waals surface area contributed by atoms with Crippen molar-refractivity contribution in [2.45, 2.75) is 52.6 Å². The van der Waals surface area contributed by atoms with Crippen molar-refractivity contribution in [3.8, 4) is 0 Å². The molecule has 0 aromatic rings. The summed E-state index contributed by atoms with van der Waals surface area (Å²) in [5.74, 6) is 0.801. The molecule has 1 heterocycles. The highest BCUT2D eigenvalue weighted by Gasteiger charge is 2.24. The lowest BCUT2D eigenvalue weighted by Crippen LogP contribution is -2.41. The van der Waals surface area contributed by atoms with Gasteiger partial charge < -0.3 is 5.32 Å². The Bertz CT molecular complexity index is 154. The van der Waals surface area contributed by atoms with E-state index in [-0.39, 0.29) is 0 Å². The third-order valence-electron chi connectivity index (χ3n) is 2.86. The molecule has 0 aromatic heterocycles. The molecule has 0 amide bonds. The molecule has 1 N–H and O–H groups in total. The van der Waals surface area contributed by atoms with E-state index in [9.17, 15) is 0 Å². The molecule has 0 bridgehead atoms. The lowest BCUT2D eigenvalue weighted by Gasteiger charge is -2.27. The molecule has 84 valence electrons. The average Bonchev–Trinajstić information content (AvgIpc) is 2.47. The smallest absolute Gasteiger partial charge is 0.0221 e. The number of rotatable bonds is 5. The summed E-state index contributed by atoms with van der Waals surface area (Å²) in [6.45, 7) is 12.8. The van der Waals surface area contributed by atoms with Crippen molar-refractivity contribution in [2.75, 3.05) is 19.6 Å². The van der Waals surface area contributed by atoms with Crippen LogP contribution < -0.4 is 5.32 Å². The van der Waals surface area contributed by atoms with Crippen LogP contribution in [0.4, 0.5) is 0 Å². The molecule has 0 spiro atoms. The van der Waals surface area contributed by atoms with Crippen molar-refractivity contribution in [2.24, 2.45) is 5.92 Å². The molecule has 0 unspecified atom stereocenters. The van der Waals surface area contributed by atoms with E-state index in [1.54, 1.807) is 0 Å². The maximum atomic E-state index is 3.55. The highest BCUT2D eigenvalue weighted by atomic mass is 15.2. The van der Waals surface area contributed by atoms with E-state index in [1.807, 2.05) is 0 Å². The maximum absolute atomic E-state index is 3.55. The Labute approximate surface area is 89.1 Å². The van der Waals surface area contributed by atoms with E-state index in [0.717, 1.165) is 12.0 Å². The monoisotopic (exact) mass is 198 g/mol. The average molecular weight is 198 g/mol. The molecule has 2 nitrogen and oxygen atoms in total. The summed E-state index contributed by atoms with van der Waals surface area (Å²) < 4.78 is 0. The van der Waals surface area contributed by atoms with Gasteiger partial charge in [0.25, 0.3) is 0 Å². The Morgan fingerprint density at radius 2 is 2.00 bits per heavy atom. The van der Waals surface area contributed by atoms with E-state index in [2.05, 4.69) is 37.9 Å². The van der Waals surface area contributed by atoms with Gasteiger partial charge in [-0.3, -0.25) is 4.90 Å². The van der Waals surface area contributed by atoms with Crippen LogP contribution in [0.3, 0.4) is 0 Å². The summed E-state index contributed by atoms with van der Waals surface area (Å²) in [6.07, 6.45) is 2.77. The lowest BCUT2D eigenvalue weighted by molar-refractivity contribution is 0.219. The van der Waals surface area contributed by atoms with E-state index < -0.39 is 0 Å². The Hall–Kier alpha value is -0.0800. The van der Waals surface area contributed by atoms with Crippen LogP contribution in [-0.2, 0) is 0 Å². The molecule has 14 heavy (non-hydrogen) atoms. The molecule has 1 saturated heterocycles. The number of nitrogens with zero attached hydrogens (tertiary/aromatic N) is 1. The van der Waals surface area contributed by atoms with Gasteiger partial charge >= 0.3 is 0 Å². The Balaban J connectivity index is 2.28. The van der Waals surface area contributed by atoms with Crippen molar-refractivity contribution in [3.63, 3.8) is 0 Å². The van der Waals surface area contributed by atoms with Gasteiger partial charge in [-0.1, -0.05) is 27.7 Å². The molecule has 0 aromatic carbocycles. The minimum absolute atomic E-state index is 0.622. The molecule has 1 aliphatic heterocycles. The molecule has 1 rings (SSSR count). The SMILES string of the molecule is CC(C)CN1CCC[C@@H]1CNC(C)C.